The van der Waals surface area contributed by atoms with Gasteiger partial charge in [-0.1, -0.05) is 51.6 Å². The fourth-order valence-electron chi connectivity index (χ4n) is 6.80. The molecular weight excluding hydrogens is 484 g/mol. The van der Waals surface area contributed by atoms with Crippen molar-refractivity contribution in [3.63, 3.8) is 0 Å². The number of hydrogen-bond acceptors (Lipinski definition) is 7. The van der Waals surface area contributed by atoms with Crippen molar-refractivity contribution in [2.24, 2.45) is 29.1 Å². The highest BCUT2D eigenvalue weighted by molar-refractivity contribution is 6.03. The summed E-state index contributed by atoms with van der Waals surface area (Å²) >= 11 is 0. The summed E-state index contributed by atoms with van der Waals surface area (Å²) in [6, 6.07) is 8.56. The van der Waals surface area contributed by atoms with E-state index in [1.807, 2.05) is 13.0 Å². The molecular formula is C31H38O7. The second-order valence-corrected chi connectivity index (χ2v) is 11.8. The molecule has 3 aliphatic rings. The average Bonchev–Trinajstić information content (AvgIpc) is 3.24. The Morgan fingerprint density at radius 1 is 1.03 bits per heavy atom. The Morgan fingerprint density at radius 2 is 1.68 bits per heavy atom. The number of allylic oxidation sites excluding steroid dienone is 1. The first kappa shape index (κ1) is 27.8. The molecule has 0 aliphatic heterocycles. The molecule has 2 saturated carbocycles. The first-order valence-corrected chi connectivity index (χ1v) is 13.3. The van der Waals surface area contributed by atoms with E-state index >= 15 is 0 Å². The quantitative estimate of drug-likeness (QED) is 0.303. The van der Waals surface area contributed by atoms with Crippen LogP contribution in [0.5, 0.6) is 0 Å². The third-order valence-corrected chi connectivity index (χ3v) is 8.77. The Hall–Kier alpha value is -3.22. The third kappa shape index (κ3) is 4.95. The summed E-state index contributed by atoms with van der Waals surface area (Å²) in [5.74, 6) is -2.89. The van der Waals surface area contributed by atoms with Gasteiger partial charge in [0.15, 0.2) is 5.60 Å². The molecule has 0 saturated heterocycles. The highest BCUT2D eigenvalue weighted by Gasteiger charge is 2.65. The van der Waals surface area contributed by atoms with Gasteiger partial charge >= 0.3 is 17.9 Å². The van der Waals surface area contributed by atoms with Crippen LogP contribution in [0, 0.1) is 29.1 Å². The second kappa shape index (κ2) is 10.2. The predicted molar refractivity (Wildman–Crippen MR) is 141 cm³/mol. The molecule has 0 spiro atoms. The standard InChI is InChI=1S/C31H38O7/c1-17-13-14-23-24(30(23,6)7)15-18(2)28(34)31(38-21(5)33)16-19(3)27(25(31)26(17)36-20(4)32)37-29(35)22-11-9-8-10-12-22/h8-12,15,19,23-27H,1,13-14,16H2,2-7H3/b18-15+/t19-,23-,24+,25+,26-,27+,31-/m1/s1. The van der Waals surface area contributed by atoms with Crippen molar-refractivity contribution in [1.82, 2.24) is 0 Å². The van der Waals surface area contributed by atoms with Gasteiger partial charge in [-0.05, 0) is 66.2 Å². The number of carbonyl (C=O) groups is 4. The Balaban J connectivity index is 1.87. The number of ketones is 1. The summed E-state index contributed by atoms with van der Waals surface area (Å²) < 4.78 is 17.9. The van der Waals surface area contributed by atoms with Gasteiger partial charge in [-0.2, -0.15) is 0 Å². The van der Waals surface area contributed by atoms with Crippen molar-refractivity contribution in [3.05, 3.63) is 59.7 Å². The van der Waals surface area contributed by atoms with Gasteiger partial charge in [0.1, 0.15) is 12.2 Å². The SMILES string of the molecule is C=C1CC[C@@H]2[C@H](/C=C(\C)C(=O)[C@@]3(OC(C)=O)C[C@@H](C)[C@H](OC(=O)c4ccccc4)[C@@H]3[C@@H]1OC(C)=O)C2(C)C. The number of rotatable bonds is 4. The Morgan fingerprint density at radius 3 is 2.29 bits per heavy atom. The third-order valence-electron chi connectivity index (χ3n) is 8.77. The molecule has 4 rings (SSSR count). The molecule has 204 valence electrons. The molecule has 0 aromatic heterocycles. The molecule has 3 aliphatic carbocycles. The van der Waals surface area contributed by atoms with Gasteiger partial charge in [-0.3, -0.25) is 14.4 Å². The minimum absolute atomic E-state index is 0.0165. The smallest absolute Gasteiger partial charge is 0.338 e. The number of carbonyl (C=O) groups excluding carboxylic acids is 4. The number of Topliss-reactive ketones (excluding diaryl/α,β-unsaturated/α-hetero) is 1. The number of esters is 3. The van der Waals surface area contributed by atoms with Gasteiger partial charge in [0.25, 0.3) is 0 Å². The molecule has 1 aromatic rings. The van der Waals surface area contributed by atoms with Gasteiger partial charge in [-0.25, -0.2) is 4.79 Å². The maximum atomic E-state index is 14.3. The Kier molecular flexibility index (Phi) is 7.43. The molecule has 2 fully saturated rings. The summed E-state index contributed by atoms with van der Waals surface area (Å²) in [7, 11) is 0. The summed E-state index contributed by atoms with van der Waals surface area (Å²) in [5, 5.41) is 0. The van der Waals surface area contributed by atoms with E-state index in [0.29, 0.717) is 29.0 Å². The Labute approximate surface area is 224 Å². The first-order valence-electron chi connectivity index (χ1n) is 13.3. The zero-order valence-corrected chi connectivity index (χ0v) is 23.1. The fraction of sp³-hybridized carbons (Fsp3) is 0.548. The van der Waals surface area contributed by atoms with E-state index in [2.05, 4.69) is 20.4 Å². The normalized spacial score (nSPS) is 35.5. The van der Waals surface area contributed by atoms with Crippen LogP contribution in [0.15, 0.2) is 54.1 Å². The van der Waals surface area contributed by atoms with Gasteiger partial charge in [0.2, 0.25) is 5.78 Å². The maximum absolute atomic E-state index is 14.3. The first-order chi connectivity index (χ1) is 17.8. The summed E-state index contributed by atoms with van der Waals surface area (Å²) in [4.78, 5) is 52.4. The van der Waals surface area contributed by atoms with Crippen molar-refractivity contribution in [2.45, 2.75) is 78.6 Å². The molecule has 0 unspecified atom stereocenters. The number of ether oxygens (including phenoxy) is 3. The minimum atomic E-state index is -1.69. The van der Waals surface area contributed by atoms with Crippen LogP contribution in [0.2, 0.25) is 0 Å². The zero-order valence-electron chi connectivity index (χ0n) is 23.1. The van der Waals surface area contributed by atoms with Crippen molar-refractivity contribution in [3.8, 4) is 0 Å². The highest BCUT2D eigenvalue weighted by atomic mass is 16.6. The van der Waals surface area contributed by atoms with Crippen molar-refractivity contribution >= 4 is 23.7 Å². The minimum Gasteiger partial charge on any atom is -0.458 e. The van der Waals surface area contributed by atoms with Crippen LogP contribution in [0.4, 0.5) is 0 Å². The van der Waals surface area contributed by atoms with E-state index < -0.39 is 41.6 Å². The van der Waals surface area contributed by atoms with E-state index in [9.17, 15) is 19.2 Å². The van der Waals surface area contributed by atoms with Gasteiger partial charge in [0, 0.05) is 20.3 Å². The van der Waals surface area contributed by atoms with E-state index in [-0.39, 0.29) is 29.5 Å². The molecule has 7 atom stereocenters. The van der Waals surface area contributed by atoms with Crippen molar-refractivity contribution in [1.29, 1.82) is 0 Å². The lowest BCUT2D eigenvalue weighted by atomic mass is 9.76. The van der Waals surface area contributed by atoms with E-state index in [1.54, 1.807) is 37.3 Å². The zero-order chi connectivity index (χ0) is 28.0. The molecule has 0 N–H and O–H groups in total. The van der Waals surface area contributed by atoms with Crippen LogP contribution in [-0.4, -0.2) is 41.5 Å². The molecule has 7 heteroatoms. The number of benzene rings is 1. The van der Waals surface area contributed by atoms with Crippen LogP contribution >= 0.6 is 0 Å². The van der Waals surface area contributed by atoms with Crippen LogP contribution in [0.25, 0.3) is 0 Å². The summed E-state index contributed by atoms with van der Waals surface area (Å²) in [5.41, 5.74) is -0.203. The van der Waals surface area contributed by atoms with Crippen molar-refractivity contribution < 1.29 is 33.4 Å². The highest BCUT2D eigenvalue weighted by Crippen LogP contribution is 2.62. The topological polar surface area (TPSA) is 96.0 Å². The van der Waals surface area contributed by atoms with Crippen molar-refractivity contribution in [2.75, 3.05) is 0 Å². The fourth-order valence-corrected chi connectivity index (χ4v) is 6.80. The van der Waals surface area contributed by atoms with E-state index in [1.165, 1.54) is 13.8 Å². The summed E-state index contributed by atoms with van der Waals surface area (Å²) in [6.07, 6.45) is 1.63. The Bertz CT molecular complexity index is 1180. The van der Waals surface area contributed by atoms with Crippen LogP contribution in [0.3, 0.4) is 0 Å². The molecule has 0 radical (unpaired) electrons. The summed E-state index contributed by atoms with van der Waals surface area (Å²) in [6.45, 7) is 14.8. The maximum Gasteiger partial charge on any atom is 0.338 e. The average molecular weight is 523 g/mol. The molecule has 7 nitrogen and oxygen atoms in total. The lowest BCUT2D eigenvalue weighted by molar-refractivity contribution is -0.179. The van der Waals surface area contributed by atoms with Gasteiger partial charge in [-0.15, -0.1) is 0 Å². The number of fused-ring (bicyclic) bond motifs is 2. The van der Waals surface area contributed by atoms with Crippen LogP contribution in [0.1, 0.15) is 71.2 Å². The molecule has 38 heavy (non-hydrogen) atoms. The van der Waals surface area contributed by atoms with Crippen LogP contribution in [-0.2, 0) is 28.6 Å². The molecule has 1 aromatic carbocycles. The molecule has 0 bridgehead atoms. The lowest BCUT2D eigenvalue weighted by Gasteiger charge is -2.39. The lowest BCUT2D eigenvalue weighted by Crippen LogP contribution is -2.55. The predicted octanol–water partition coefficient (Wildman–Crippen LogP) is 5.24. The second-order valence-electron chi connectivity index (χ2n) is 11.8. The molecule has 0 heterocycles. The van der Waals surface area contributed by atoms with E-state index in [0.717, 1.165) is 6.42 Å². The number of hydrogen-bond donors (Lipinski definition) is 0. The van der Waals surface area contributed by atoms with Crippen LogP contribution < -0.4 is 0 Å². The monoisotopic (exact) mass is 522 g/mol. The largest absolute Gasteiger partial charge is 0.458 e. The van der Waals surface area contributed by atoms with Gasteiger partial charge in [0.05, 0.1) is 11.5 Å². The molecule has 0 amide bonds. The van der Waals surface area contributed by atoms with Gasteiger partial charge < -0.3 is 14.2 Å². The van der Waals surface area contributed by atoms with E-state index in [4.69, 9.17) is 14.2 Å².